The third-order valence-corrected chi connectivity index (χ3v) is 4.28. The summed E-state index contributed by atoms with van der Waals surface area (Å²) in [6.45, 7) is 0. The zero-order chi connectivity index (χ0) is 15.4. The van der Waals surface area contributed by atoms with E-state index in [1.807, 2.05) is 13.1 Å². The predicted octanol–water partition coefficient (Wildman–Crippen LogP) is 4.08. The highest BCUT2D eigenvalue weighted by atomic mass is 127. The van der Waals surface area contributed by atoms with E-state index in [-0.39, 0.29) is 23.4 Å². The molecule has 0 aromatic heterocycles. The molecule has 2 aromatic rings. The number of hydrogen-bond donors (Lipinski definition) is 1. The van der Waals surface area contributed by atoms with Gasteiger partial charge in [-0.2, -0.15) is 0 Å². The Kier molecular flexibility index (Phi) is 5.52. The summed E-state index contributed by atoms with van der Waals surface area (Å²) in [6.07, 6.45) is 0.610. The first-order valence-corrected chi connectivity index (χ1v) is 7.57. The quantitative estimate of drug-likeness (QED) is 0.760. The second kappa shape index (κ2) is 7.17. The van der Waals surface area contributed by atoms with Crippen molar-refractivity contribution in [1.29, 1.82) is 0 Å². The van der Waals surface area contributed by atoms with Crippen molar-refractivity contribution in [3.05, 3.63) is 62.7 Å². The van der Waals surface area contributed by atoms with Crippen LogP contribution in [0.3, 0.4) is 0 Å². The smallest absolute Gasteiger partial charge is 0.165 e. The minimum Gasteiger partial charge on any atom is -0.494 e. The molecule has 0 radical (unpaired) electrons. The summed E-state index contributed by atoms with van der Waals surface area (Å²) < 4.78 is 32.7. The molecule has 1 atom stereocenters. The molecule has 112 valence electrons. The first kappa shape index (κ1) is 16.2. The Morgan fingerprint density at radius 2 is 1.95 bits per heavy atom. The van der Waals surface area contributed by atoms with Crippen LogP contribution in [0.5, 0.6) is 5.75 Å². The molecule has 5 heteroatoms. The van der Waals surface area contributed by atoms with Crippen LogP contribution in [0, 0.1) is 15.2 Å². The summed E-state index contributed by atoms with van der Waals surface area (Å²) in [6, 6.07) is 9.61. The lowest BCUT2D eigenvalue weighted by Gasteiger charge is -2.18. The topological polar surface area (TPSA) is 21.3 Å². The summed E-state index contributed by atoms with van der Waals surface area (Å²) in [7, 11) is 3.28. The van der Waals surface area contributed by atoms with Crippen LogP contribution in [-0.4, -0.2) is 14.2 Å². The molecule has 0 aliphatic carbocycles. The average Bonchev–Trinajstić information content (AvgIpc) is 2.45. The maximum atomic E-state index is 13.7. The van der Waals surface area contributed by atoms with Crippen molar-refractivity contribution in [2.45, 2.75) is 12.5 Å². The summed E-state index contributed by atoms with van der Waals surface area (Å²) in [5.41, 5.74) is 1.85. The predicted molar refractivity (Wildman–Crippen MR) is 87.6 cm³/mol. The van der Waals surface area contributed by atoms with Crippen LogP contribution in [0.15, 0.2) is 36.4 Å². The molecule has 0 bridgehead atoms. The number of hydrogen-bond acceptors (Lipinski definition) is 2. The molecule has 0 heterocycles. The second-order valence-corrected chi connectivity index (χ2v) is 5.84. The molecule has 0 fully saturated rings. The highest BCUT2D eigenvalue weighted by Crippen LogP contribution is 2.26. The molecule has 1 N–H and O–H groups in total. The lowest BCUT2D eigenvalue weighted by Crippen LogP contribution is -2.20. The molecule has 0 aliphatic rings. The first-order valence-electron chi connectivity index (χ1n) is 6.49. The van der Waals surface area contributed by atoms with Gasteiger partial charge in [0.25, 0.3) is 0 Å². The van der Waals surface area contributed by atoms with E-state index in [2.05, 4.69) is 27.9 Å². The van der Waals surface area contributed by atoms with Crippen molar-refractivity contribution in [2.75, 3.05) is 14.2 Å². The molecular weight excluding hydrogens is 387 g/mol. The maximum absolute atomic E-state index is 13.7. The minimum atomic E-state index is -0.376. The van der Waals surface area contributed by atoms with Crippen molar-refractivity contribution < 1.29 is 13.5 Å². The van der Waals surface area contributed by atoms with Gasteiger partial charge in [-0.25, -0.2) is 8.78 Å². The van der Waals surface area contributed by atoms with Gasteiger partial charge in [-0.05, 0) is 71.5 Å². The van der Waals surface area contributed by atoms with Crippen LogP contribution in [0.4, 0.5) is 8.78 Å². The van der Waals surface area contributed by atoms with Crippen molar-refractivity contribution >= 4 is 22.6 Å². The number of benzene rings is 2. The maximum Gasteiger partial charge on any atom is 0.165 e. The molecule has 2 aromatic carbocycles. The van der Waals surface area contributed by atoms with Crippen molar-refractivity contribution in [2.24, 2.45) is 0 Å². The van der Waals surface area contributed by atoms with E-state index in [9.17, 15) is 8.78 Å². The van der Waals surface area contributed by atoms with Crippen LogP contribution in [0.25, 0.3) is 0 Å². The fourth-order valence-electron chi connectivity index (χ4n) is 2.22. The number of nitrogens with one attached hydrogen (secondary N) is 1. The van der Waals surface area contributed by atoms with Gasteiger partial charge in [0.2, 0.25) is 0 Å². The second-order valence-electron chi connectivity index (χ2n) is 4.68. The molecule has 0 saturated carbocycles. The Hall–Kier alpha value is -1.21. The van der Waals surface area contributed by atoms with Crippen LogP contribution < -0.4 is 10.1 Å². The Bertz CT molecular complexity index is 634. The zero-order valence-electron chi connectivity index (χ0n) is 11.8. The molecule has 0 amide bonds. The van der Waals surface area contributed by atoms with Gasteiger partial charge in [-0.1, -0.05) is 12.1 Å². The lowest BCUT2D eigenvalue weighted by molar-refractivity contribution is 0.386. The van der Waals surface area contributed by atoms with E-state index in [0.29, 0.717) is 6.42 Å². The Morgan fingerprint density at radius 1 is 1.19 bits per heavy atom. The fourth-order valence-corrected chi connectivity index (χ4v) is 3.08. The van der Waals surface area contributed by atoms with Gasteiger partial charge >= 0.3 is 0 Å². The average molecular weight is 403 g/mol. The monoisotopic (exact) mass is 403 g/mol. The van der Waals surface area contributed by atoms with Crippen LogP contribution in [-0.2, 0) is 6.42 Å². The molecular formula is C16H16F2INO. The van der Waals surface area contributed by atoms with E-state index >= 15 is 0 Å². The Labute approximate surface area is 136 Å². The third kappa shape index (κ3) is 3.91. The number of ether oxygens (including phenoxy) is 1. The summed E-state index contributed by atoms with van der Waals surface area (Å²) in [4.78, 5) is 0. The van der Waals surface area contributed by atoms with Crippen molar-refractivity contribution in [3.63, 3.8) is 0 Å². The van der Waals surface area contributed by atoms with Gasteiger partial charge in [0.1, 0.15) is 5.82 Å². The molecule has 0 saturated heterocycles. The SMILES string of the molecule is CNC(Cc1ccc(OC)c(F)c1)c1ccc(F)cc1I. The molecule has 1 unspecified atom stereocenters. The fraction of sp³-hybridized carbons (Fsp3) is 0.250. The Balaban J connectivity index is 2.24. The standard InChI is InChI=1S/C16H16F2INO/c1-20-15(12-5-4-11(17)9-14(12)19)8-10-3-6-16(21-2)13(18)7-10/h3-7,9,15,20H,8H2,1-2H3. The van der Waals surface area contributed by atoms with E-state index < -0.39 is 0 Å². The molecule has 0 aliphatic heterocycles. The van der Waals surface area contributed by atoms with E-state index in [1.165, 1.54) is 25.3 Å². The van der Waals surface area contributed by atoms with E-state index in [4.69, 9.17) is 4.74 Å². The van der Waals surface area contributed by atoms with E-state index in [1.54, 1.807) is 12.1 Å². The number of halogens is 3. The van der Waals surface area contributed by atoms with Gasteiger partial charge in [-0.15, -0.1) is 0 Å². The highest BCUT2D eigenvalue weighted by Gasteiger charge is 2.15. The van der Waals surface area contributed by atoms with Crippen molar-refractivity contribution in [3.8, 4) is 5.75 Å². The van der Waals surface area contributed by atoms with Gasteiger partial charge in [0.05, 0.1) is 7.11 Å². The first-order chi connectivity index (χ1) is 10.0. The largest absolute Gasteiger partial charge is 0.494 e. The van der Waals surface area contributed by atoms with E-state index in [0.717, 1.165) is 14.7 Å². The lowest BCUT2D eigenvalue weighted by atomic mass is 9.99. The molecule has 2 rings (SSSR count). The third-order valence-electron chi connectivity index (χ3n) is 3.34. The van der Waals surface area contributed by atoms with Gasteiger partial charge in [-0.3, -0.25) is 0 Å². The van der Waals surface area contributed by atoms with Gasteiger partial charge in [0.15, 0.2) is 11.6 Å². The Morgan fingerprint density at radius 3 is 2.52 bits per heavy atom. The minimum absolute atomic E-state index is 0.00899. The molecule has 21 heavy (non-hydrogen) atoms. The normalized spacial score (nSPS) is 12.2. The van der Waals surface area contributed by atoms with Crippen LogP contribution in [0.1, 0.15) is 17.2 Å². The number of rotatable bonds is 5. The summed E-state index contributed by atoms with van der Waals surface area (Å²) >= 11 is 2.11. The number of likely N-dealkylation sites (N-methyl/N-ethyl adjacent to an activating group) is 1. The van der Waals surface area contributed by atoms with Crippen LogP contribution >= 0.6 is 22.6 Å². The summed E-state index contributed by atoms with van der Waals surface area (Å²) in [5.74, 6) is -0.400. The van der Waals surface area contributed by atoms with Crippen LogP contribution in [0.2, 0.25) is 0 Å². The van der Waals surface area contributed by atoms with Gasteiger partial charge in [0, 0.05) is 9.61 Å². The summed E-state index contributed by atoms with van der Waals surface area (Å²) in [5, 5.41) is 3.19. The zero-order valence-corrected chi connectivity index (χ0v) is 13.9. The molecule has 0 spiro atoms. The highest BCUT2D eigenvalue weighted by molar-refractivity contribution is 14.1. The number of methoxy groups -OCH3 is 1. The molecule has 2 nitrogen and oxygen atoms in total. The van der Waals surface area contributed by atoms with Crippen molar-refractivity contribution in [1.82, 2.24) is 5.32 Å². The van der Waals surface area contributed by atoms with Gasteiger partial charge < -0.3 is 10.1 Å².